The van der Waals surface area contributed by atoms with Crippen LogP contribution in [0.4, 0.5) is 10.1 Å². The number of benzene rings is 1. The number of likely N-dealkylation sites (tertiary alicyclic amines) is 1. The highest BCUT2D eigenvalue weighted by atomic mass is 35.5. The van der Waals surface area contributed by atoms with E-state index in [1.165, 1.54) is 12.1 Å². The van der Waals surface area contributed by atoms with Crippen molar-refractivity contribution < 1.29 is 9.18 Å². The predicted octanol–water partition coefficient (Wildman–Crippen LogP) is 1.86. The van der Waals surface area contributed by atoms with Gasteiger partial charge < -0.3 is 11.1 Å². The zero-order valence-corrected chi connectivity index (χ0v) is 12.3. The minimum atomic E-state index is -0.351. The molecule has 2 atom stereocenters. The van der Waals surface area contributed by atoms with Gasteiger partial charge in [-0.2, -0.15) is 0 Å². The molecule has 0 bridgehead atoms. The number of nitrogens with two attached hydrogens (primary N) is 1. The molecule has 2 unspecified atom stereocenters. The summed E-state index contributed by atoms with van der Waals surface area (Å²) in [6.07, 6.45) is 1.03. The summed E-state index contributed by atoms with van der Waals surface area (Å²) in [5.74, 6) is 0.00243. The van der Waals surface area contributed by atoms with Gasteiger partial charge in [0.15, 0.2) is 0 Å². The highest BCUT2D eigenvalue weighted by molar-refractivity contribution is 5.92. The molecule has 0 spiro atoms. The number of nitrogens with one attached hydrogen (secondary N) is 1. The van der Waals surface area contributed by atoms with Crippen molar-refractivity contribution in [2.75, 3.05) is 25.0 Å². The molecule has 3 N–H and O–H groups in total. The molecule has 1 amide bonds. The zero-order chi connectivity index (χ0) is 13.8. The van der Waals surface area contributed by atoms with Gasteiger partial charge in [-0.15, -0.1) is 12.4 Å². The van der Waals surface area contributed by atoms with Crippen LogP contribution in [-0.2, 0) is 4.79 Å². The number of carbonyl (C=O) groups is 1. The molecule has 1 aromatic carbocycles. The second kappa shape index (κ2) is 7.57. The molecule has 1 heterocycles. The maximum Gasteiger partial charge on any atom is 0.238 e. The molecule has 112 valence electrons. The van der Waals surface area contributed by atoms with E-state index in [4.69, 9.17) is 5.73 Å². The van der Waals surface area contributed by atoms with Crippen LogP contribution in [0.15, 0.2) is 24.3 Å². The van der Waals surface area contributed by atoms with Crippen molar-refractivity contribution in [1.82, 2.24) is 4.90 Å². The van der Waals surface area contributed by atoms with E-state index in [1.54, 1.807) is 12.1 Å². The van der Waals surface area contributed by atoms with Gasteiger partial charge >= 0.3 is 0 Å². The van der Waals surface area contributed by atoms with Crippen molar-refractivity contribution >= 4 is 24.0 Å². The van der Waals surface area contributed by atoms with Crippen LogP contribution in [-0.4, -0.2) is 36.5 Å². The first kappa shape index (κ1) is 16.9. The molecule has 4 nitrogen and oxygen atoms in total. The number of anilines is 1. The first-order valence-electron chi connectivity index (χ1n) is 6.58. The minimum Gasteiger partial charge on any atom is -0.330 e. The van der Waals surface area contributed by atoms with Crippen LogP contribution in [0.2, 0.25) is 0 Å². The van der Waals surface area contributed by atoms with Crippen LogP contribution >= 0.6 is 12.4 Å². The van der Waals surface area contributed by atoms with Crippen molar-refractivity contribution in [2.45, 2.75) is 19.4 Å². The monoisotopic (exact) mass is 301 g/mol. The topological polar surface area (TPSA) is 58.4 Å². The third-order valence-corrected chi connectivity index (χ3v) is 3.58. The van der Waals surface area contributed by atoms with Gasteiger partial charge in [-0.05, 0) is 44.0 Å². The van der Waals surface area contributed by atoms with Crippen molar-refractivity contribution in [3.63, 3.8) is 0 Å². The van der Waals surface area contributed by atoms with Crippen LogP contribution in [0.25, 0.3) is 0 Å². The fourth-order valence-corrected chi connectivity index (χ4v) is 2.56. The average molecular weight is 302 g/mol. The highest BCUT2D eigenvalue weighted by Gasteiger charge is 2.29. The normalized spacial score (nSPS) is 22.4. The molecule has 0 aromatic heterocycles. The number of hydrogen-bond acceptors (Lipinski definition) is 3. The summed E-state index contributed by atoms with van der Waals surface area (Å²) in [7, 11) is 0. The summed E-state index contributed by atoms with van der Waals surface area (Å²) < 4.78 is 13.0. The molecule has 6 heteroatoms. The van der Waals surface area contributed by atoms with Crippen molar-refractivity contribution in [3.05, 3.63) is 30.1 Å². The van der Waals surface area contributed by atoms with Gasteiger partial charge in [0.2, 0.25) is 5.91 Å². The van der Waals surface area contributed by atoms with Gasteiger partial charge in [-0.1, -0.05) is 6.07 Å². The lowest BCUT2D eigenvalue weighted by Crippen LogP contribution is -2.36. The first-order valence-corrected chi connectivity index (χ1v) is 6.58. The molecule has 0 saturated carbocycles. The maximum absolute atomic E-state index is 13.0. The molecular formula is C14H21ClFN3O. The van der Waals surface area contributed by atoms with Crippen LogP contribution in [0.1, 0.15) is 13.3 Å². The summed E-state index contributed by atoms with van der Waals surface area (Å²) >= 11 is 0. The fraction of sp³-hybridized carbons (Fsp3) is 0.500. The molecule has 2 rings (SSSR count). The van der Waals surface area contributed by atoms with E-state index in [2.05, 4.69) is 17.1 Å². The van der Waals surface area contributed by atoms with Crippen molar-refractivity contribution in [1.29, 1.82) is 0 Å². The Hall–Kier alpha value is -1.17. The van der Waals surface area contributed by atoms with Crippen LogP contribution in [0.5, 0.6) is 0 Å². The van der Waals surface area contributed by atoms with E-state index in [1.807, 2.05) is 0 Å². The predicted molar refractivity (Wildman–Crippen MR) is 80.5 cm³/mol. The van der Waals surface area contributed by atoms with Crippen LogP contribution in [0, 0.1) is 11.7 Å². The number of carbonyl (C=O) groups excluding carboxylic acids is 1. The third-order valence-electron chi connectivity index (χ3n) is 3.58. The summed E-state index contributed by atoms with van der Waals surface area (Å²) in [5.41, 5.74) is 6.15. The van der Waals surface area contributed by atoms with E-state index in [0.717, 1.165) is 13.0 Å². The summed E-state index contributed by atoms with van der Waals surface area (Å²) in [5, 5.41) is 2.71. The molecule has 1 aromatic rings. The van der Waals surface area contributed by atoms with Crippen molar-refractivity contribution in [2.24, 2.45) is 11.7 Å². The van der Waals surface area contributed by atoms with Gasteiger partial charge in [-0.25, -0.2) is 4.39 Å². The van der Waals surface area contributed by atoms with Gasteiger partial charge in [0.25, 0.3) is 0 Å². The third kappa shape index (κ3) is 4.44. The Labute approximate surface area is 124 Å². The second-order valence-electron chi connectivity index (χ2n) is 5.17. The largest absolute Gasteiger partial charge is 0.330 e. The smallest absolute Gasteiger partial charge is 0.238 e. The molecule has 0 radical (unpaired) electrons. The highest BCUT2D eigenvalue weighted by Crippen LogP contribution is 2.21. The second-order valence-corrected chi connectivity index (χ2v) is 5.17. The Kier molecular flexibility index (Phi) is 6.39. The van der Waals surface area contributed by atoms with Crippen LogP contribution < -0.4 is 11.1 Å². The fourth-order valence-electron chi connectivity index (χ4n) is 2.56. The number of halogens is 2. The van der Waals surface area contributed by atoms with Gasteiger partial charge in [0, 0.05) is 18.3 Å². The molecule has 0 aliphatic carbocycles. The molecule has 20 heavy (non-hydrogen) atoms. The van der Waals surface area contributed by atoms with Crippen LogP contribution in [0.3, 0.4) is 0 Å². The lowest BCUT2D eigenvalue weighted by Gasteiger charge is -2.20. The summed E-state index contributed by atoms with van der Waals surface area (Å²) in [6, 6.07) is 6.29. The molecule has 1 aliphatic rings. The average Bonchev–Trinajstić information content (AvgIpc) is 2.70. The Morgan fingerprint density at radius 1 is 1.55 bits per heavy atom. The number of nitrogens with zero attached hydrogens (tertiary/aromatic N) is 1. The minimum absolute atomic E-state index is 0. The zero-order valence-electron chi connectivity index (χ0n) is 11.5. The van der Waals surface area contributed by atoms with Gasteiger partial charge in [0.05, 0.1) is 6.54 Å². The van der Waals surface area contributed by atoms with E-state index in [-0.39, 0.29) is 24.1 Å². The molecule has 1 saturated heterocycles. The first-order chi connectivity index (χ1) is 9.08. The number of amides is 1. The Morgan fingerprint density at radius 3 is 2.90 bits per heavy atom. The molecular weight excluding hydrogens is 281 g/mol. The maximum atomic E-state index is 13.0. The number of rotatable bonds is 4. The summed E-state index contributed by atoms with van der Waals surface area (Å²) in [4.78, 5) is 14.0. The Balaban J connectivity index is 0.00000200. The Bertz CT molecular complexity index is 458. The quantitative estimate of drug-likeness (QED) is 0.892. The molecule has 1 aliphatic heterocycles. The van der Waals surface area contributed by atoms with Crippen molar-refractivity contribution in [3.8, 4) is 0 Å². The van der Waals surface area contributed by atoms with Gasteiger partial charge in [0.1, 0.15) is 5.82 Å². The standard InChI is InChI=1S/C14H20FN3O.ClH/c1-10-5-11(7-16)8-18(10)9-14(19)17-13-4-2-3-12(15)6-13;/h2-4,6,10-11H,5,7-9,16H2,1H3,(H,17,19);1H. The van der Waals surface area contributed by atoms with E-state index in [0.29, 0.717) is 30.7 Å². The number of hydrogen-bond donors (Lipinski definition) is 2. The van der Waals surface area contributed by atoms with E-state index in [9.17, 15) is 9.18 Å². The van der Waals surface area contributed by atoms with E-state index < -0.39 is 0 Å². The SMILES string of the molecule is CC1CC(CN)CN1CC(=O)Nc1cccc(F)c1.Cl. The Morgan fingerprint density at radius 2 is 2.30 bits per heavy atom. The lowest BCUT2D eigenvalue weighted by molar-refractivity contribution is -0.117. The summed E-state index contributed by atoms with van der Waals surface area (Å²) in [6.45, 7) is 3.94. The molecule has 1 fully saturated rings. The van der Waals surface area contributed by atoms with Gasteiger partial charge in [-0.3, -0.25) is 9.69 Å². The van der Waals surface area contributed by atoms with E-state index >= 15 is 0 Å². The lowest BCUT2D eigenvalue weighted by atomic mass is 10.1.